The van der Waals surface area contributed by atoms with Crippen molar-refractivity contribution >= 4 is 19.6 Å². The first-order valence-electron chi connectivity index (χ1n) is 6.93. The SMILES string of the molecule is O=[N+]([O-])c1ccc(C(O)O[P+](=O)OC(O)c2ccc([N+](=O)[O-])cc2)cc1. The molecule has 0 aromatic heterocycles. The molecule has 0 saturated carbocycles. The summed E-state index contributed by atoms with van der Waals surface area (Å²) < 4.78 is 21.1. The molecule has 2 unspecified atom stereocenters. The third-order valence-corrected chi connectivity index (χ3v) is 3.89. The van der Waals surface area contributed by atoms with Crippen LogP contribution in [0.2, 0.25) is 0 Å². The van der Waals surface area contributed by atoms with Gasteiger partial charge in [-0.25, -0.2) is 0 Å². The zero-order valence-electron chi connectivity index (χ0n) is 12.9. The number of aliphatic hydroxyl groups excluding tert-OH is 2. The fraction of sp³-hybridized carbons (Fsp3) is 0.143. The normalized spacial score (nSPS) is 13.7. The molecule has 0 amide bonds. The summed E-state index contributed by atoms with van der Waals surface area (Å²) in [5.41, 5.74) is -0.217. The Hall–Kier alpha value is -2.82. The average molecular weight is 383 g/mol. The summed E-state index contributed by atoms with van der Waals surface area (Å²) in [5.74, 6) is 0. The maximum absolute atomic E-state index is 11.7. The third kappa shape index (κ3) is 5.09. The molecule has 0 spiro atoms. The molecule has 2 atom stereocenters. The molecule has 0 aliphatic heterocycles. The third-order valence-electron chi connectivity index (χ3n) is 3.15. The van der Waals surface area contributed by atoms with Crippen molar-refractivity contribution in [2.45, 2.75) is 12.6 Å². The Morgan fingerprint density at radius 1 is 0.769 bits per heavy atom. The van der Waals surface area contributed by atoms with Gasteiger partial charge in [-0.1, -0.05) is 9.05 Å². The average Bonchev–Trinajstić information content (AvgIpc) is 2.61. The monoisotopic (exact) mass is 383 g/mol. The molecule has 0 fully saturated rings. The van der Waals surface area contributed by atoms with Crippen molar-refractivity contribution in [3.63, 3.8) is 0 Å². The second-order valence-electron chi connectivity index (χ2n) is 4.84. The molecule has 12 heteroatoms. The first-order chi connectivity index (χ1) is 12.3. The van der Waals surface area contributed by atoms with Gasteiger partial charge in [0.05, 0.1) is 9.85 Å². The summed E-state index contributed by atoms with van der Waals surface area (Å²) in [6, 6.07) is 9.33. The second-order valence-corrected chi connectivity index (χ2v) is 5.71. The van der Waals surface area contributed by atoms with E-state index in [0.717, 1.165) is 24.3 Å². The highest BCUT2D eigenvalue weighted by Crippen LogP contribution is 2.36. The zero-order chi connectivity index (χ0) is 19.3. The lowest BCUT2D eigenvalue weighted by atomic mass is 10.2. The zero-order valence-corrected chi connectivity index (χ0v) is 13.8. The molecule has 0 radical (unpaired) electrons. The Kier molecular flexibility index (Phi) is 6.39. The molecule has 136 valence electrons. The highest BCUT2D eigenvalue weighted by Gasteiger charge is 2.32. The summed E-state index contributed by atoms with van der Waals surface area (Å²) in [5, 5.41) is 40.7. The predicted octanol–water partition coefficient (Wildman–Crippen LogP) is 2.88. The maximum Gasteiger partial charge on any atom is 0.703 e. The predicted molar refractivity (Wildman–Crippen MR) is 85.9 cm³/mol. The Labute approximate surface area is 146 Å². The van der Waals surface area contributed by atoms with E-state index >= 15 is 0 Å². The van der Waals surface area contributed by atoms with Gasteiger partial charge in [-0.2, -0.15) is 0 Å². The van der Waals surface area contributed by atoms with Gasteiger partial charge in [0.1, 0.15) is 0 Å². The van der Waals surface area contributed by atoms with Gasteiger partial charge < -0.3 is 10.2 Å². The van der Waals surface area contributed by atoms with Gasteiger partial charge in [0.25, 0.3) is 11.4 Å². The van der Waals surface area contributed by atoms with Crippen molar-refractivity contribution in [2.75, 3.05) is 0 Å². The van der Waals surface area contributed by atoms with E-state index in [-0.39, 0.29) is 22.5 Å². The van der Waals surface area contributed by atoms with Gasteiger partial charge in [0.15, 0.2) is 0 Å². The van der Waals surface area contributed by atoms with Gasteiger partial charge in [0.2, 0.25) is 12.6 Å². The number of hydrogen-bond acceptors (Lipinski definition) is 9. The van der Waals surface area contributed by atoms with E-state index in [9.17, 15) is 35.0 Å². The highest BCUT2D eigenvalue weighted by atomic mass is 31.1. The minimum absolute atomic E-state index is 0.0902. The summed E-state index contributed by atoms with van der Waals surface area (Å²) in [4.78, 5) is 19.9. The van der Waals surface area contributed by atoms with E-state index in [4.69, 9.17) is 9.05 Å². The fourth-order valence-corrected chi connectivity index (χ4v) is 2.45. The van der Waals surface area contributed by atoms with E-state index in [1.54, 1.807) is 0 Å². The Morgan fingerprint density at radius 2 is 1.08 bits per heavy atom. The summed E-state index contributed by atoms with van der Waals surface area (Å²) in [6.45, 7) is 0. The number of nitro groups is 2. The Morgan fingerprint density at radius 3 is 1.35 bits per heavy atom. The molecular formula is C14H12N2O9P+. The number of non-ortho nitro benzene ring substituents is 2. The molecule has 0 bridgehead atoms. The van der Waals surface area contributed by atoms with Crippen LogP contribution in [0.25, 0.3) is 0 Å². The van der Waals surface area contributed by atoms with E-state index in [1.165, 1.54) is 24.3 Å². The standard InChI is InChI=1S/C14H12N2O9P/c17-13(9-1-5-11(6-2-9)15(19)20)24-26(23)25-14(18)10-3-7-12(8-4-10)16(21)22/h1-8,13-14,17-18H/q+1. The van der Waals surface area contributed by atoms with Gasteiger partial charge >= 0.3 is 8.25 Å². The van der Waals surface area contributed by atoms with Crippen LogP contribution in [0.4, 0.5) is 11.4 Å². The van der Waals surface area contributed by atoms with E-state index in [0.29, 0.717) is 0 Å². The van der Waals surface area contributed by atoms with Crippen LogP contribution in [0, 0.1) is 20.2 Å². The lowest BCUT2D eigenvalue weighted by molar-refractivity contribution is -0.385. The van der Waals surface area contributed by atoms with Gasteiger partial charge in [0, 0.05) is 40.0 Å². The fourth-order valence-electron chi connectivity index (χ4n) is 1.83. The molecule has 2 aromatic carbocycles. The summed E-state index contributed by atoms with van der Waals surface area (Å²) in [6.07, 6.45) is -3.41. The summed E-state index contributed by atoms with van der Waals surface area (Å²) in [7, 11) is -2.96. The Balaban J connectivity index is 1.94. The highest BCUT2D eigenvalue weighted by molar-refractivity contribution is 7.33. The molecule has 2 N–H and O–H groups in total. The number of rotatable bonds is 8. The van der Waals surface area contributed by atoms with Crippen LogP contribution in [0.15, 0.2) is 48.5 Å². The lowest BCUT2D eigenvalue weighted by Gasteiger charge is -2.06. The van der Waals surface area contributed by atoms with Crippen molar-refractivity contribution in [1.29, 1.82) is 0 Å². The van der Waals surface area contributed by atoms with Crippen LogP contribution in [-0.4, -0.2) is 20.1 Å². The van der Waals surface area contributed by atoms with Crippen LogP contribution >= 0.6 is 8.25 Å². The molecule has 0 aliphatic carbocycles. The lowest BCUT2D eigenvalue weighted by Crippen LogP contribution is -2.03. The van der Waals surface area contributed by atoms with Gasteiger partial charge in [-0.15, -0.1) is 0 Å². The van der Waals surface area contributed by atoms with Crippen LogP contribution in [0.5, 0.6) is 0 Å². The van der Waals surface area contributed by atoms with Crippen LogP contribution in [0.3, 0.4) is 0 Å². The van der Waals surface area contributed by atoms with Crippen LogP contribution < -0.4 is 0 Å². The molecule has 26 heavy (non-hydrogen) atoms. The number of hydrogen-bond donors (Lipinski definition) is 2. The van der Waals surface area contributed by atoms with Crippen molar-refractivity contribution in [2.24, 2.45) is 0 Å². The number of nitro benzene ring substituents is 2. The van der Waals surface area contributed by atoms with Gasteiger partial charge in [-0.05, 0) is 24.3 Å². The van der Waals surface area contributed by atoms with Gasteiger partial charge in [-0.3, -0.25) is 20.2 Å². The first-order valence-corrected chi connectivity index (χ1v) is 8.03. The topological polar surface area (TPSA) is 162 Å². The van der Waals surface area contributed by atoms with Crippen molar-refractivity contribution in [3.8, 4) is 0 Å². The first kappa shape index (κ1) is 19.5. The summed E-state index contributed by atoms with van der Waals surface area (Å²) >= 11 is 0. The minimum atomic E-state index is -2.96. The van der Waals surface area contributed by atoms with Crippen molar-refractivity contribution in [1.82, 2.24) is 0 Å². The van der Waals surface area contributed by atoms with E-state index in [2.05, 4.69) is 0 Å². The van der Waals surface area contributed by atoms with Crippen LogP contribution in [0.1, 0.15) is 23.7 Å². The molecule has 2 rings (SSSR count). The Bertz CT molecular complexity index is 743. The minimum Gasteiger partial charge on any atom is -0.361 e. The largest absolute Gasteiger partial charge is 0.703 e. The van der Waals surface area contributed by atoms with E-state index in [1.807, 2.05) is 0 Å². The molecule has 0 aliphatic rings. The van der Waals surface area contributed by atoms with Crippen molar-refractivity contribution < 1.29 is 33.7 Å². The molecule has 2 aromatic rings. The van der Waals surface area contributed by atoms with Crippen molar-refractivity contribution in [3.05, 3.63) is 79.9 Å². The molecule has 0 saturated heterocycles. The number of nitrogens with zero attached hydrogens (tertiary/aromatic N) is 2. The number of aliphatic hydroxyl groups is 2. The number of benzene rings is 2. The quantitative estimate of drug-likeness (QED) is 0.302. The molecular weight excluding hydrogens is 371 g/mol. The molecule has 11 nitrogen and oxygen atoms in total. The van der Waals surface area contributed by atoms with Crippen LogP contribution in [-0.2, 0) is 13.6 Å². The maximum atomic E-state index is 11.7. The molecule has 0 heterocycles. The van der Waals surface area contributed by atoms with E-state index < -0.39 is 30.7 Å². The smallest absolute Gasteiger partial charge is 0.361 e. The second kappa shape index (κ2) is 8.52.